The number of anilines is 1. The van der Waals surface area contributed by atoms with Crippen LogP contribution in [-0.4, -0.2) is 47.1 Å². The van der Waals surface area contributed by atoms with Gasteiger partial charge in [-0.25, -0.2) is 0 Å². The number of aromatic nitrogens is 1. The molecular weight excluding hydrogens is 428 g/mol. The molecule has 156 valence electrons. The van der Waals surface area contributed by atoms with E-state index in [4.69, 9.17) is 16.1 Å². The van der Waals surface area contributed by atoms with E-state index < -0.39 is 4.92 Å². The van der Waals surface area contributed by atoms with E-state index >= 15 is 0 Å². The molecule has 0 radical (unpaired) electrons. The van der Waals surface area contributed by atoms with E-state index in [1.807, 2.05) is 23.3 Å². The average Bonchev–Trinajstić information content (AvgIpc) is 3.32. The number of benzene rings is 1. The molecule has 2 aromatic heterocycles. The molecule has 0 bridgehead atoms. The average molecular weight is 447 g/mol. The molecule has 1 amide bonds. The predicted octanol–water partition coefficient (Wildman–Crippen LogP) is 4.54. The van der Waals surface area contributed by atoms with E-state index in [9.17, 15) is 14.9 Å². The molecule has 8 nitrogen and oxygen atoms in total. The van der Waals surface area contributed by atoms with Gasteiger partial charge in [0.15, 0.2) is 0 Å². The summed E-state index contributed by atoms with van der Waals surface area (Å²) in [6.45, 7) is 5.87. The third-order valence-corrected chi connectivity index (χ3v) is 6.53. The third kappa shape index (κ3) is 3.66. The maximum absolute atomic E-state index is 13.2. The standard InChI is InChI=1S/C20H19ClN4O4S/c1-12-5-10-30-19(12)18-17(13(2)29-22-18)20(26)24-8-6-23(7-9-24)16-4-3-14(25(27)28)11-15(16)21/h3-5,10-11H,6-9H2,1-2H3. The predicted molar refractivity (Wildman–Crippen MR) is 116 cm³/mol. The van der Waals surface area contributed by atoms with Crippen molar-refractivity contribution in [1.29, 1.82) is 0 Å². The minimum atomic E-state index is -0.472. The number of halogens is 1. The minimum Gasteiger partial charge on any atom is -0.367 e. The van der Waals surface area contributed by atoms with Crippen molar-refractivity contribution in [2.45, 2.75) is 13.8 Å². The first-order chi connectivity index (χ1) is 14.4. The van der Waals surface area contributed by atoms with Crippen LogP contribution in [0.5, 0.6) is 0 Å². The third-order valence-electron chi connectivity index (χ3n) is 5.20. The Morgan fingerprint density at radius 2 is 1.97 bits per heavy atom. The highest BCUT2D eigenvalue weighted by atomic mass is 35.5. The van der Waals surface area contributed by atoms with Gasteiger partial charge in [0.1, 0.15) is 17.0 Å². The lowest BCUT2D eigenvalue weighted by Gasteiger charge is -2.36. The Morgan fingerprint density at radius 3 is 2.57 bits per heavy atom. The lowest BCUT2D eigenvalue weighted by atomic mass is 10.1. The largest absolute Gasteiger partial charge is 0.367 e. The summed E-state index contributed by atoms with van der Waals surface area (Å²) < 4.78 is 5.35. The zero-order chi connectivity index (χ0) is 21.4. The van der Waals surface area contributed by atoms with Crippen LogP contribution in [0.15, 0.2) is 34.2 Å². The number of amides is 1. The van der Waals surface area contributed by atoms with Crippen molar-refractivity contribution in [1.82, 2.24) is 10.1 Å². The number of rotatable bonds is 4. The first kappa shape index (κ1) is 20.4. The summed E-state index contributed by atoms with van der Waals surface area (Å²) in [7, 11) is 0. The first-order valence-corrected chi connectivity index (χ1v) is 10.6. The van der Waals surface area contributed by atoms with Crippen LogP contribution in [0.1, 0.15) is 21.7 Å². The summed E-state index contributed by atoms with van der Waals surface area (Å²) >= 11 is 7.79. The molecule has 0 unspecified atom stereocenters. The fourth-order valence-electron chi connectivity index (χ4n) is 3.57. The Morgan fingerprint density at radius 1 is 1.23 bits per heavy atom. The summed E-state index contributed by atoms with van der Waals surface area (Å²) in [5, 5.41) is 17.3. The minimum absolute atomic E-state index is 0.0445. The zero-order valence-electron chi connectivity index (χ0n) is 16.4. The fraction of sp³-hybridized carbons (Fsp3) is 0.300. The van der Waals surface area contributed by atoms with E-state index in [2.05, 4.69) is 5.16 Å². The van der Waals surface area contributed by atoms with Gasteiger partial charge in [-0.3, -0.25) is 14.9 Å². The van der Waals surface area contributed by atoms with Crippen LogP contribution in [0.3, 0.4) is 0 Å². The molecule has 10 heteroatoms. The van der Waals surface area contributed by atoms with Crippen LogP contribution in [0, 0.1) is 24.0 Å². The van der Waals surface area contributed by atoms with Crippen molar-refractivity contribution in [3.8, 4) is 10.6 Å². The van der Waals surface area contributed by atoms with Gasteiger partial charge in [-0.2, -0.15) is 0 Å². The second kappa shape index (κ2) is 8.08. The van der Waals surface area contributed by atoms with E-state index in [-0.39, 0.29) is 11.6 Å². The topological polar surface area (TPSA) is 92.7 Å². The van der Waals surface area contributed by atoms with E-state index in [1.165, 1.54) is 23.5 Å². The molecule has 4 rings (SSSR count). The van der Waals surface area contributed by atoms with Crippen LogP contribution >= 0.6 is 22.9 Å². The van der Waals surface area contributed by atoms with Crippen LogP contribution in [0.4, 0.5) is 11.4 Å². The van der Waals surface area contributed by atoms with Gasteiger partial charge in [0.05, 0.1) is 20.5 Å². The molecule has 1 aliphatic rings. The van der Waals surface area contributed by atoms with Gasteiger partial charge < -0.3 is 14.3 Å². The van der Waals surface area contributed by atoms with Crippen LogP contribution in [-0.2, 0) is 0 Å². The Kier molecular flexibility index (Phi) is 5.48. The number of hydrogen-bond donors (Lipinski definition) is 0. The lowest BCUT2D eigenvalue weighted by molar-refractivity contribution is -0.384. The second-order valence-corrected chi connectivity index (χ2v) is 8.39. The van der Waals surface area contributed by atoms with Gasteiger partial charge in [-0.05, 0) is 36.9 Å². The number of piperazine rings is 1. The highest BCUT2D eigenvalue weighted by Gasteiger charge is 2.30. The highest BCUT2D eigenvalue weighted by molar-refractivity contribution is 7.13. The summed E-state index contributed by atoms with van der Waals surface area (Å²) in [5.41, 5.74) is 2.83. The van der Waals surface area contributed by atoms with Crippen molar-refractivity contribution < 1.29 is 14.2 Å². The van der Waals surface area contributed by atoms with Gasteiger partial charge >= 0.3 is 0 Å². The number of nitro groups is 1. The molecule has 1 saturated heterocycles. The number of carbonyl (C=O) groups excluding carboxylic acids is 1. The molecule has 0 spiro atoms. The number of nitrogens with zero attached hydrogens (tertiary/aromatic N) is 4. The Balaban J connectivity index is 1.50. The molecule has 0 N–H and O–H groups in total. The lowest BCUT2D eigenvalue weighted by Crippen LogP contribution is -2.49. The second-order valence-electron chi connectivity index (χ2n) is 7.07. The van der Waals surface area contributed by atoms with Crippen molar-refractivity contribution >= 4 is 40.2 Å². The number of nitro benzene ring substituents is 1. The number of aryl methyl sites for hydroxylation is 2. The molecule has 1 aromatic carbocycles. The van der Waals surface area contributed by atoms with Gasteiger partial charge in [-0.15, -0.1) is 11.3 Å². The van der Waals surface area contributed by atoms with E-state index in [1.54, 1.807) is 17.9 Å². The maximum Gasteiger partial charge on any atom is 0.271 e. The molecular formula is C20H19ClN4O4S. The normalized spacial score (nSPS) is 14.2. The highest BCUT2D eigenvalue weighted by Crippen LogP contribution is 2.34. The Hall–Kier alpha value is -2.91. The van der Waals surface area contributed by atoms with Crippen LogP contribution < -0.4 is 4.90 Å². The van der Waals surface area contributed by atoms with Crippen LogP contribution in [0.2, 0.25) is 5.02 Å². The van der Waals surface area contributed by atoms with Crippen molar-refractivity contribution in [3.63, 3.8) is 0 Å². The Bertz CT molecular complexity index is 1120. The summed E-state index contributed by atoms with van der Waals surface area (Å²) in [6, 6.07) is 6.43. The Labute approximate surface area is 181 Å². The van der Waals surface area contributed by atoms with E-state index in [0.29, 0.717) is 48.2 Å². The number of thiophene rings is 1. The van der Waals surface area contributed by atoms with Crippen LogP contribution in [0.25, 0.3) is 10.6 Å². The molecule has 0 aliphatic carbocycles. The quantitative estimate of drug-likeness (QED) is 0.431. The summed E-state index contributed by atoms with van der Waals surface area (Å²) in [5.74, 6) is 0.398. The van der Waals surface area contributed by atoms with Gasteiger partial charge in [0.25, 0.3) is 11.6 Å². The molecule has 1 aliphatic heterocycles. The van der Waals surface area contributed by atoms with Gasteiger partial charge in [-0.1, -0.05) is 16.8 Å². The maximum atomic E-state index is 13.2. The van der Waals surface area contributed by atoms with E-state index in [0.717, 1.165) is 16.1 Å². The van der Waals surface area contributed by atoms with Crippen molar-refractivity contribution in [3.05, 3.63) is 61.7 Å². The number of hydrogen-bond acceptors (Lipinski definition) is 7. The fourth-order valence-corrected chi connectivity index (χ4v) is 4.78. The number of carbonyl (C=O) groups is 1. The van der Waals surface area contributed by atoms with Crippen molar-refractivity contribution in [2.75, 3.05) is 31.1 Å². The molecule has 3 heterocycles. The summed E-state index contributed by atoms with van der Waals surface area (Å²) in [6.07, 6.45) is 0. The molecule has 0 atom stereocenters. The molecule has 30 heavy (non-hydrogen) atoms. The first-order valence-electron chi connectivity index (χ1n) is 9.35. The van der Waals surface area contributed by atoms with Gasteiger partial charge in [0, 0.05) is 38.3 Å². The molecule has 3 aromatic rings. The SMILES string of the molecule is Cc1ccsc1-c1noc(C)c1C(=O)N1CCN(c2ccc([N+](=O)[O-])cc2Cl)CC1. The van der Waals surface area contributed by atoms with Gasteiger partial charge in [0.2, 0.25) is 0 Å². The van der Waals surface area contributed by atoms with Crippen molar-refractivity contribution in [2.24, 2.45) is 0 Å². The molecule has 0 saturated carbocycles. The monoisotopic (exact) mass is 446 g/mol. The smallest absolute Gasteiger partial charge is 0.271 e. The zero-order valence-corrected chi connectivity index (χ0v) is 18.0. The summed E-state index contributed by atoms with van der Waals surface area (Å²) in [4.78, 5) is 28.4. The number of non-ortho nitro benzene ring substituents is 1. The molecule has 1 fully saturated rings.